The quantitative estimate of drug-likeness (QED) is 0.249. The lowest BCUT2D eigenvalue weighted by Gasteiger charge is -2.07. The Labute approximate surface area is 121 Å². The molecule has 0 aromatic heterocycles. The summed E-state index contributed by atoms with van der Waals surface area (Å²) in [7, 11) is -7.42. The molecule has 4 N–H and O–H groups in total. The number of anilines is 1. The summed E-state index contributed by atoms with van der Waals surface area (Å²) < 4.78 is 49.6. The fourth-order valence-corrected chi connectivity index (χ4v) is 2.88. The first-order chi connectivity index (χ1) is 9.53. The lowest BCUT2D eigenvalue weighted by Crippen LogP contribution is -2.34. The van der Waals surface area contributed by atoms with Gasteiger partial charge in [0.1, 0.15) is 5.69 Å². The first-order valence-electron chi connectivity index (χ1n) is 5.51. The zero-order valence-corrected chi connectivity index (χ0v) is 12.6. The number of rotatable bonds is 7. The highest BCUT2D eigenvalue weighted by atomic mass is 32.2. The van der Waals surface area contributed by atoms with Crippen LogP contribution in [-0.2, 0) is 20.0 Å². The third-order valence-electron chi connectivity index (χ3n) is 2.29. The monoisotopic (exact) mass is 338 g/mol. The van der Waals surface area contributed by atoms with Gasteiger partial charge in [-0.1, -0.05) is 0 Å². The lowest BCUT2D eigenvalue weighted by molar-refractivity contribution is -0.384. The molecule has 0 bridgehead atoms. The predicted molar refractivity (Wildman–Crippen MR) is 75.5 cm³/mol. The van der Waals surface area contributed by atoms with Gasteiger partial charge >= 0.3 is 0 Å². The highest BCUT2D eigenvalue weighted by Gasteiger charge is 2.19. The van der Waals surface area contributed by atoms with E-state index < -0.39 is 30.7 Å². The highest BCUT2D eigenvalue weighted by Crippen LogP contribution is 2.24. The van der Waals surface area contributed by atoms with E-state index >= 15 is 0 Å². The van der Waals surface area contributed by atoms with E-state index in [4.69, 9.17) is 5.73 Å². The molecule has 0 unspecified atom stereocenters. The number of nitro groups is 1. The van der Waals surface area contributed by atoms with Crippen LogP contribution in [0.15, 0.2) is 23.1 Å². The summed E-state index contributed by atoms with van der Waals surface area (Å²) in [4.78, 5) is 9.58. The molecule has 118 valence electrons. The number of nitrogens with two attached hydrogens (primary N) is 1. The van der Waals surface area contributed by atoms with Crippen LogP contribution in [0, 0.1) is 10.1 Å². The molecule has 0 aliphatic rings. The maximum Gasteiger partial charge on any atom is 0.293 e. The van der Waals surface area contributed by atoms with Crippen molar-refractivity contribution in [2.45, 2.75) is 4.90 Å². The molecule has 0 aliphatic carbocycles. The number of hydrogen-bond donors (Lipinski definition) is 3. The summed E-state index contributed by atoms with van der Waals surface area (Å²) in [5.41, 5.74) is 4.69. The van der Waals surface area contributed by atoms with Crippen LogP contribution in [0.25, 0.3) is 0 Å². The molecular formula is C9H14N4O6S2. The third kappa shape index (κ3) is 5.26. The summed E-state index contributed by atoms with van der Waals surface area (Å²) in [6, 6.07) is 3.07. The van der Waals surface area contributed by atoms with Crippen LogP contribution in [0.5, 0.6) is 0 Å². The number of nitrogen functional groups attached to an aromatic ring is 1. The summed E-state index contributed by atoms with van der Waals surface area (Å²) in [5, 5.41) is 10.7. The van der Waals surface area contributed by atoms with Crippen molar-refractivity contribution in [1.29, 1.82) is 0 Å². The van der Waals surface area contributed by atoms with Crippen molar-refractivity contribution in [1.82, 2.24) is 9.44 Å². The fraction of sp³-hybridized carbons (Fsp3) is 0.333. The van der Waals surface area contributed by atoms with Crippen LogP contribution < -0.4 is 15.2 Å². The Morgan fingerprint density at radius 2 is 1.76 bits per heavy atom. The molecular weight excluding hydrogens is 324 g/mol. The average molecular weight is 338 g/mol. The Morgan fingerprint density at radius 1 is 1.19 bits per heavy atom. The van der Waals surface area contributed by atoms with Crippen molar-refractivity contribution in [2.24, 2.45) is 0 Å². The van der Waals surface area contributed by atoms with Gasteiger partial charge in [0.25, 0.3) is 5.69 Å². The summed E-state index contributed by atoms with van der Waals surface area (Å²) in [6.07, 6.45) is 0.935. The first-order valence-corrected chi connectivity index (χ1v) is 8.88. The number of benzene rings is 1. The first kappa shape index (κ1) is 17.3. The van der Waals surface area contributed by atoms with Crippen LogP contribution in [0.3, 0.4) is 0 Å². The molecule has 1 aromatic carbocycles. The van der Waals surface area contributed by atoms with Gasteiger partial charge in [-0.3, -0.25) is 10.1 Å². The van der Waals surface area contributed by atoms with Crippen molar-refractivity contribution in [3.8, 4) is 0 Å². The minimum atomic E-state index is -4.00. The number of nitrogens with zero attached hydrogens (tertiary/aromatic N) is 1. The van der Waals surface area contributed by atoms with E-state index in [1.54, 1.807) is 0 Å². The van der Waals surface area contributed by atoms with Gasteiger partial charge in [0.15, 0.2) is 0 Å². The van der Waals surface area contributed by atoms with E-state index in [-0.39, 0.29) is 23.7 Å². The second kappa shape index (κ2) is 6.34. The van der Waals surface area contributed by atoms with Crippen molar-refractivity contribution >= 4 is 31.4 Å². The van der Waals surface area contributed by atoms with E-state index in [0.717, 1.165) is 24.5 Å². The normalized spacial score (nSPS) is 12.2. The van der Waals surface area contributed by atoms with Gasteiger partial charge < -0.3 is 5.73 Å². The van der Waals surface area contributed by atoms with Crippen LogP contribution in [0.4, 0.5) is 11.4 Å². The molecule has 0 aliphatic heterocycles. The predicted octanol–water partition coefficient (Wildman–Crippen LogP) is -0.995. The second-order valence-electron chi connectivity index (χ2n) is 4.04. The van der Waals surface area contributed by atoms with Crippen LogP contribution in [0.2, 0.25) is 0 Å². The Bertz CT molecular complexity index is 744. The number of hydrogen-bond acceptors (Lipinski definition) is 7. The largest absolute Gasteiger partial charge is 0.393 e. The molecule has 0 amide bonds. The van der Waals surface area contributed by atoms with Crippen LogP contribution in [-0.4, -0.2) is 41.1 Å². The smallest absolute Gasteiger partial charge is 0.293 e. The van der Waals surface area contributed by atoms with Gasteiger partial charge in [0, 0.05) is 19.2 Å². The maximum atomic E-state index is 11.9. The van der Waals surface area contributed by atoms with E-state index in [0.29, 0.717) is 0 Å². The molecule has 0 fully saturated rings. The topological polar surface area (TPSA) is 162 Å². The Hall–Kier alpha value is -1.76. The second-order valence-corrected chi connectivity index (χ2v) is 7.64. The average Bonchev–Trinajstić information content (AvgIpc) is 2.33. The Balaban J connectivity index is 2.84. The Morgan fingerprint density at radius 3 is 2.29 bits per heavy atom. The molecule has 10 nitrogen and oxygen atoms in total. The van der Waals surface area contributed by atoms with E-state index in [1.807, 2.05) is 0 Å². The fourth-order valence-electron chi connectivity index (χ4n) is 1.35. The number of sulfonamides is 2. The van der Waals surface area contributed by atoms with Gasteiger partial charge in [-0.2, -0.15) is 0 Å². The molecule has 0 spiro atoms. The standard InChI is InChI=1S/C9H14N4O6S2/c1-20(16,17)11-4-5-12-21(18,19)7-2-3-8(10)9(6-7)13(14)15/h2-3,6,11-12H,4-5,10H2,1H3. The lowest BCUT2D eigenvalue weighted by atomic mass is 10.3. The minimum Gasteiger partial charge on any atom is -0.393 e. The highest BCUT2D eigenvalue weighted by molar-refractivity contribution is 7.89. The molecule has 0 saturated heterocycles. The molecule has 21 heavy (non-hydrogen) atoms. The summed E-state index contributed by atoms with van der Waals surface area (Å²) >= 11 is 0. The SMILES string of the molecule is CS(=O)(=O)NCCNS(=O)(=O)c1ccc(N)c([N+](=O)[O-])c1. The number of nitro benzene ring substituents is 1. The molecule has 0 radical (unpaired) electrons. The summed E-state index contributed by atoms with van der Waals surface area (Å²) in [6.45, 7) is -0.345. The van der Waals surface area contributed by atoms with E-state index in [2.05, 4.69) is 9.44 Å². The molecule has 0 saturated carbocycles. The summed E-state index contributed by atoms with van der Waals surface area (Å²) in [5.74, 6) is 0. The van der Waals surface area contributed by atoms with Crippen LogP contribution >= 0.6 is 0 Å². The maximum absolute atomic E-state index is 11.9. The Kier molecular flexibility index (Phi) is 5.22. The van der Waals surface area contributed by atoms with Gasteiger partial charge in [-0.15, -0.1) is 0 Å². The molecule has 0 heterocycles. The van der Waals surface area contributed by atoms with Crippen molar-refractivity contribution in [3.05, 3.63) is 28.3 Å². The molecule has 1 aromatic rings. The van der Waals surface area contributed by atoms with Crippen molar-refractivity contribution < 1.29 is 21.8 Å². The van der Waals surface area contributed by atoms with Crippen molar-refractivity contribution in [2.75, 3.05) is 25.1 Å². The molecule has 12 heteroatoms. The van der Waals surface area contributed by atoms with Crippen LogP contribution in [0.1, 0.15) is 0 Å². The van der Waals surface area contributed by atoms with Gasteiger partial charge in [0.2, 0.25) is 20.0 Å². The van der Waals surface area contributed by atoms with Gasteiger partial charge in [-0.05, 0) is 12.1 Å². The zero-order chi connectivity index (χ0) is 16.3. The van der Waals surface area contributed by atoms with Gasteiger partial charge in [0.05, 0.1) is 16.1 Å². The molecule has 1 rings (SSSR count). The molecule has 0 atom stereocenters. The minimum absolute atomic E-state index is 0.144. The van der Waals surface area contributed by atoms with Gasteiger partial charge in [-0.25, -0.2) is 26.3 Å². The van der Waals surface area contributed by atoms with E-state index in [9.17, 15) is 26.9 Å². The van der Waals surface area contributed by atoms with E-state index in [1.165, 1.54) is 0 Å². The third-order valence-corrected chi connectivity index (χ3v) is 4.48. The zero-order valence-electron chi connectivity index (χ0n) is 10.9. The van der Waals surface area contributed by atoms with Crippen molar-refractivity contribution in [3.63, 3.8) is 0 Å². The number of nitrogens with one attached hydrogen (secondary N) is 2.